The number of ether oxygens (including phenoxy) is 1. The number of pyridine rings is 1. The molecule has 0 bridgehead atoms. The minimum atomic E-state index is -0.936. The van der Waals surface area contributed by atoms with Gasteiger partial charge in [-0.1, -0.05) is 36.4 Å². The van der Waals surface area contributed by atoms with Gasteiger partial charge in [-0.05, 0) is 35.9 Å². The number of carbonyl (C=O) groups is 1. The second kappa shape index (κ2) is 8.68. The van der Waals surface area contributed by atoms with E-state index in [4.69, 9.17) is 9.84 Å². The van der Waals surface area contributed by atoms with Gasteiger partial charge in [-0.25, -0.2) is 4.79 Å². The molecule has 0 aliphatic heterocycles. The Morgan fingerprint density at radius 2 is 1.77 bits per heavy atom. The second-order valence-electron chi connectivity index (χ2n) is 6.48. The van der Waals surface area contributed by atoms with Crippen molar-refractivity contribution in [3.8, 4) is 17.6 Å². The molecule has 0 radical (unpaired) electrons. The first-order chi connectivity index (χ1) is 14.7. The van der Waals surface area contributed by atoms with Crippen LogP contribution in [0.25, 0.3) is 10.8 Å². The van der Waals surface area contributed by atoms with Crippen LogP contribution in [0.5, 0.6) is 11.5 Å². The van der Waals surface area contributed by atoms with Crippen molar-refractivity contribution in [2.75, 3.05) is 0 Å². The molecule has 1 N–H and O–H groups in total. The number of thioether (sulfide) groups is 1. The standard InChI is InChI=1S/C24H16N2O3S/c25-13-18-9-10-21(20-4-2-1-3-19(18)20)29-22-14-26-12-11-23(22)30-15-16-5-7-17(8-6-16)24(27)28/h1-12,14H,15H2,(H,27,28). The lowest BCUT2D eigenvalue weighted by Gasteiger charge is -2.13. The summed E-state index contributed by atoms with van der Waals surface area (Å²) in [7, 11) is 0. The Labute approximate surface area is 177 Å². The van der Waals surface area contributed by atoms with E-state index in [9.17, 15) is 10.1 Å². The molecule has 146 valence electrons. The molecular formula is C24H16N2O3S. The maximum atomic E-state index is 11.0. The molecule has 0 saturated heterocycles. The van der Waals surface area contributed by atoms with E-state index in [0.29, 0.717) is 22.8 Å². The molecule has 0 amide bonds. The Bertz CT molecular complexity index is 1260. The van der Waals surface area contributed by atoms with E-state index in [1.165, 1.54) is 0 Å². The molecule has 4 rings (SSSR count). The van der Waals surface area contributed by atoms with E-state index in [0.717, 1.165) is 21.2 Å². The number of aromatic carboxylic acids is 1. The van der Waals surface area contributed by atoms with Gasteiger partial charge in [-0.15, -0.1) is 11.8 Å². The lowest BCUT2D eigenvalue weighted by atomic mass is 10.0. The van der Waals surface area contributed by atoms with Crippen LogP contribution in [-0.2, 0) is 5.75 Å². The Morgan fingerprint density at radius 3 is 2.50 bits per heavy atom. The summed E-state index contributed by atoms with van der Waals surface area (Å²) in [5.41, 5.74) is 1.88. The fourth-order valence-electron chi connectivity index (χ4n) is 3.04. The summed E-state index contributed by atoms with van der Waals surface area (Å²) in [6.07, 6.45) is 3.38. The maximum Gasteiger partial charge on any atom is 0.335 e. The lowest BCUT2D eigenvalue weighted by Crippen LogP contribution is -1.95. The molecule has 4 aromatic rings. The molecule has 0 aliphatic rings. The predicted molar refractivity (Wildman–Crippen MR) is 116 cm³/mol. The first-order valence-electron chi connectivity index (χ1n) is 9.14. The molecular weight excluding hydrogens is 396 g/mol. The van der Waals surface area contributed by atoms with Crippen molar-refractivity contribution in [1.29, 1.82) is 5.26 Å². The second-order valence-corrected chi connectivity index (χ2v) is 7.50. The van der Waals surface area contributed by atoms with Gasteiger partial charge in [0.2, 0.25) is 0 Å². The normalized spacial score (nSPS) is 10.5. The van der Waals surface area contributed by atoms with Gasteiger partial charge in [0, 0.05) is 22.7 Å². The molecule has 0 fully saturated rings. The zero-order chi connectivity index (χ0) is 20.9. The highest BCUT2D eigenvalue weighted by molar-refractivity contribution is 7.98. The van der Waals surface area contributed by atoms with Crippen LogP contribution in [0, 0.1) is 11.3 Å². The average molecular weight is 412 g/mol. The third kappa shape index (κ3) is 4.12. The largest absolute Gasteiger partial charge is 0.478 e. The number of nitrogens with zero attached hydrogens (tertiary/aromatic N) is 2. The predicted octanol–water partition coefficient (Wildman–Crippen LogP) is 5.89. The van der Waals surface area contributed by atoms with Crippen LogP contribution in [0.2, 0.25) is 0 Å². The van der Waals surface area contributed by atoms with Crippen LogP contribution < -0.4 is 4.74 Å². The molecule has 0 aliphatic carbocycles. The number of aromatic nitrogens is 1. The van der Waals surface area contributed by atoms with E-state index < -0.39 is 5.97 Å². The van der Waals surface area contributed by atoms with Crippen LogP contribution in [0.3, 0.4) is 0 Å². The van der Waals surface area contributed by atoms with Crippen molar-refractivity contribution >= 4 is 28.5 Å². The van der Waals surface area contributed by atoms with Crippen LogP contribution in [0.1, 0.15) is 21.5 Å². The molecule has 30 heavy (non-hydrogen) atoms. The van der Waals surface area contributed by atoms with E-state index in [1.54, 1.807) is 48.4 Å². The summed E-state index contributed by atoms with van der Waals surface area (Å²) in [5, 5.41) is 20.1. The monoisotopic (exact) mass is 412 g/mol. The summed E-state index contributed by atoms with van der Waals surface area (Å²) in [6.45, 7) is 0. The number of carboxylic acids is 1. The Balaban J connectivity index is 1.58. The minimum absolute atomic E-state index is 0.268. The van der Waals surface area contributed by atoms with Crippen molar-refractivity contribution in [2.24, 2.45) is 0 Å². The Hall–Kier alpha value is -3.82. The number of hydrogen-bond donors (Lipinski definition) is 1. The third-order valence-corrected chi connectivity index (χ3v) is 5.69. The maximum absolute atomic E-state index is 11.0. The third-order valence-electron chi connectivity index (χ3n) is 4.57. The van der Waals surface area contributed by atoms with E-state index >= 15 is 0 Å². The summed E-state index contributed by atoms with van der Waals surface area (Å²) in [5.74, 6) is 1.01. The highest BCUT2D eigenvalue weighted by atomic mass is 32.2. The number of fused-ring (bicyclic) bond motifs is 1. The smallest absolute Gasteiger partial charge is 0.335 e. The van der Waals surface area contributed by atoms with Gasteiger partial charge in [0.1, 0.15) is 5.75 Å². The van der Waals surface area contributed by atoms with Crippen LogP contribution in [-0.4, -0.2) is 16.1 Å². The van der Waals surface area contributed by atoms with Gasteiger partial charge >= 0.3 is 5.97 Å². The van der Waals surface area contributed by atoms with Crippen molar-refractivity contribution in [1.82, 2.24) is 4.98 Å². The van der Waals surface area contributed by atoms with Gasteiger partial charge in [0.25, 0.3) is 0 Å². The zero-order valence-corrected chi connectivity index (χ0v) is 16.6. The van der Waals surface area contributed by atoms with Gasteiger partial charge in [-0.3, -0.25) is 4.98 Å². The first-order valence-corrected chi connectivity index (χ1v) is 10.1. The van der Waals surface area contributed by atoms with Gasteiger partial charge in [0.15, 0.2) is 5.75 Å². The highest BCUT2D eigenvalue weighted by Crippen LogP contribution is 2.37. The number of hydrogen-bond acceptors (Lipinski definition) is 5. The molecule has 0 unspecified atom stereocenters. The average Bonchev–Trinajstić information content (AvgIpc) is 2.79. The fourth-order valence-corrected chi connectivity index (χ4v) is 3.95. The number of benzene rings is 3. The molecule has 1 aromatic heterocycles. The van der Waals surface area contributed by atoms with Crippen LogP contribution in [0.4, 0.5) is 0 Å². The van der Waals surface area contributed by atoms with Crippen molar-refractivity contribution in [3.05, 3.63) is 95.8 Å². The fraction of sp³-hybridized carbons (Fsp3) is 0.0417. The topological polar surface area (TPSA) is 83.2 Å². The van der Waals surface area contributed by atoms with Crippen molar-refractivity contribution in [2.45, 2.75) is 10.6 Å². The van der Waals surface area contributed by atoms with Gasteiger partial charge in [0.05, 0.1) is 28.3 Å². The molecule has 0 spiro atoms. The zero-order valence-electron chi connectivity index (χ0n) is 15.8. The summed E-state index contributed by atoms with van der Waals surface area (Å²) < 4.78 is 6.19. The van der Waals surface area contributed by atoms with E-state index in [-0.39, 0.29) is 5.56 Å². The SMILES string of the molecule is N#Cc1ccc(Oc2cnccc2SCc2ccc(C(=O)O)cc2)c2ccccc12. The van der Waals surface area contributed by atoms with E-state index in [2.05, 4.69) is 11.1 Å². The molecule has 1 heterocycles. The molecule has 0 saturated carbocycles. The molecule has 6 heteroatoms. The minimum Gasteiger partial charge on any atom is -0.478 e. The lowest BCUT2D eigenvalue weighted by molar-refractivity contribution is 0.0697. The Kier molecular flexibility index (Phi) is 5.64. The summed E-state index contributed by atoms with van der Waals surface area (Å²) in [4.78, 5) is 16.1. The highest BCUT2D eigenvalue weighted by Gasteiger charge is 2.11. The first kappa shape index (κ1) is 19.5. The molecule has 0 atom stereocenters. The van der Waals surface area contributed by atoms with Crippen LogP contribution >= 0.6 is 11.8 Å². The quantitative estimate of drug-likeness (QED) is 0.398. The Morgan fingerprint density at radius 1 is 1.00 bits per heavy atom. The van der Waals surface area contributed by atoms with Gasteiger partial charge < -0.3 is 9.84 Å². The van der Waals surface area contributed by atoms with Crippen molar-refractivity contribution < 1.29 is 14.6 Å². The number of rotatable bonds is 6. The summed E-state index contributed by atoms with van der Waals surface area (Å²) in [6, 6.07) is 22.1. The number of nitriles is 1. The van der Waals surface area contributed by atoms with Gasteiger partial charge in [-0.2, -0.15) is 5.26 Å². The van der Waals surface area contributed by atoms with Crippen molar-refractivity contribution in [3.63, 3.8) is 0 Å². The van der Waals surface area contributed by atoms with E-state index in [1.807, 2.05) is 42.5 Å². The number of carboxylic acid groups (broad SMARTS) is 1. The summed E-state index contributed by atoms with van der Waals surface area (Å²) >= 11 is 1.58. The molecule has 3 aromatic carbocycles. The molecule has 5 nitrogen and oxygen atoms in total. The van der Waals surface area contributed by atoms with Crippen LogP contribution in [0.15, 0.2) is 84.0 Å².